The van der Waals surface area contributed by atoms with E-state index >= 15 is 0 Å². The second-order valence-corrected chi connectivity index (χ2v) is 8.97. The smallest absolute Gasteiger partial charge is 0.249 e. The molecule has 29 heavy (non-hydrogen) atoms. The number of rotatable bonds is 6. The number of benzene rings is 1. The molecule has 156 valence electrons. The number of aromatic nitrogens is 2. The summed E-state index contributed by atoms with van der Waals surface area (Å²) >= 11 is 0. The van der Waals surface area contributed by atoms with E-state index in [4.69, 9.17) is 0 Å². The lowest BCUT2D eigenvalue weighted by Gasteiger charge is -2.15. The molecule has 2 N–H and O–H groups in total. The van der Waals surface area contributed by atoms with Gasteiger partial charge in [-0.1, -0.05) is 26.0 Å². The van der Waals surface area contributed by atoms with E-state index in [0.717, 1.165) is 0 Å². The fourth-order valence-corrected chi connectivity index (χ4v) is 4.89. The molecule has 1 aromatic heterocycles. The first-order valence-corrected chi connectivity index (χ1v) is 11.2. The molecule has 1 aliphatic heterocycles. The first kappa shape index (κ1) is 21.2. The van der Waals surface area contributed by atoms with E-state index in [9.17, 15) is 18.0 Å². The molecule has 0 saturated heterocycles. The van der Waals surface area contributed by atoms with Gasteiger partial charge in [-0.15, -0.1) is 0 Å². The molecule has 0 fully saturated rings. The third-order valence-corrected chi connectivity index (χ3v) is 6.82. The van der Waals surface area contributed by atoms with Crippen molar-refractivity contribution < 1.29 is 18.0 Å². The molecule has 2 aromatic rings. The fraction of sp³-hybridized carbons (Fsp3) is 0.450. The average Bonchev–Trinajstić information content (AvgIpc) is 2.97. The quantitative estimate of drug-likeness (QED) is 0.749. The number of amides is 1. The SMILES string of the molecule is CCc1nn2c(c1-c1ccc(C)c(S(=O)(=O)N[C@H](C)CC)c1)NC(=O)CCC2=O. The van der Waals surface area contributed by atoms with Gasteiger partial charge in [-0.2, -0.15) is 9.78 Å². The Morgan fingerprint density at radius 1 is 1.24 bits per heavy atom. The zero-order chi connectivity index (χ0) is 21.3. The lowest BCUT2D eigenvalue weighted by atomic mass is 10.0. The van der Waals surface area contributed by atoms with Crippen molar-refractivity contribution in [1.29, 1.82) is 0 Å². The maximum atomic E-state index is 12.9. The first-order valence-electron chi connectivity index (χ1n) is 9.76. The number of carbonyl (C=O) groups is 2. The summed E-state index contributed by atoms with van der Waals surface area (Å²) < 4.78 is 29.7. The largest absolute Gasteiger partial charge is 0.310 e. The molecule has 0 bridgehead atoms. The van der Waals surface area contributed by atoms with Crippen molar-refractivity contribution in [3.05, 3.63) is 29.5 Å². The summed E-state index contributed by atoms with van der Waals surface area (Å²) in [6.07, 6.45) is 1.37. The Labute approximate surface area is 170 Å². The van der Waals surface area contributed by atoms with Gasteiger partial charge in [0.25, 0.3) is 0 Å². The van der Waals surface area contributed by atoms with E-state index in [0.29, 0.717) is 41.0 Å². The van der Waals surface area contributed by atoms with Crippen LogP contribution >= 0.6 is 0 Å². The third-order valence-electron chi connectivity index (χ3n) is 5.09. The average molecular weight is 419 g/mol. The van der Waals surface area contributed by atoms with Crippen molar-refractivity contribution in [3.8, 4) is 11.1 Å². The monoisotopic (exact) mass is 418 g/mol. The Balaban J connectivity index is 2.18. The van der Waals surface area contributed by atoms with Crippen LogP contribution in [0, 0.1) is 6.92 Å². The van der Waals surface area contributed by atoms with Gasteiger partial charge in [0, 0.05) is 24.4 Å². The van der Waals surface area contributed by atoms with Gasteiger partial charge < -0.3 is 5.32 Å². The molecule has 0 saturated carbocycles. The molecule has 3 rings (SSSR count). The van der Waals surface area contributed by atoms with Crippen molar-refractivity contribution in [2.75, 3.05) is 5.32 Å². The summed E-state index contributed by atoms with van der Waals surface area (Å²) in [7, 11) is -3.72. The molecule has 0 aliphatic carbocycles. The van der Waals surface area contributed by atoms with Crippen LogP contribution in [0.2, 0.25) is 0 Å². The summed E-state index contributed by atoms with van der Waals surface area (Å²) in [5, 5.41) is 7.15. The number of carbonyl (C=O) groups excluding carboxylic acids is 2. The summed E-state index contributed by atoms with van der Waals surface area (Å²) in [5.41, 5.74) is 2.41. The summed E-state index contributed by atoms with van der Waals surface area (Å²) in [6, 6.07) is 4.90. The number of hydrogen-bond donors (Lipinski definition) is 2. The molecule has 8 nitrogen and oxygen atoms in total. The molecular weight excluding hydrogens is 392 g/mol. The van der Waals surface area contributed by atoms with Crippen LogP contribution in [0.1, 0.15) is 56.1 Å². The number of sulfonamides is 1. The number of nitrogens with one attached hydrogen (secondary N) is 2. The highest BCUT2D eigenvalue weighted by atomic mass is 32.2. The van der Waals surface area contributed by atoms with Crippen molar-refractivity contribution in [1.82, 2.24) is 14.5 Å². The van der Waals surface area contributed by atoms with Crippen molar-refractivity contribution >= 4 is 27.7 Å². The number of fused-ring (bicyclic) bond motifs is 1. The molecule has 1 atom stereocenters. The summed E-state index contributed by atoms with van der Waals surface area (Å²) in [6.45, 7) is 7.35. The second kappa shape index (κ2) is 8.08. The Bertz CT molecular complexity index is 1070. The Kier molecular flexibility index (Phi) is 5.90. The molecular formula is C20H26N4O4S. The highest BCUT2D eigenvalue weighted by Gasteiger charge is 2.28. The minimum Gasteiger partial charge on any atom is -0.310 e. The first-order chi connectivity index (χ1) is 13.7. The Hall–Kier alpha value is -2.52. The van der Waals surface area contributed by atoms with E-state index in [-0.39, 0.29) is 35.6 Å². The molecule has 1 aromatic carbocycles. The minimum atomic E-state index is -3.72. The predicted molar refractivity (Wildman–Crippen MR) is 110 cm³/mol. The lowest BCUT2D eigenvalue weighted by molar-refractivity contribution is -0.116. The Morgan fingerprint density at radius 3 is 2.62 bits per heavy atom. The van der Waals surface area contributed by atoms with Gasteiger partial charge in [-0.05, 0) is 43.9 Å². The maximum absolute atomic E-state index is 12.9. The van der Waals surface area contributed by atoms with Crippen molar-refractivity contribution in [3.63, 3.8) is 0 Å². The summed E-state index contributed by atoms with van der Waals surface area (Å²) in [4.78, 5) is 24.7. The third kappa shape index (κ3) is 4.11. The van der Waals surface area contributed by atoms with E-state index in [1.165, 1.54) is 4.68 Å². The zero-order valence-corrected chi connectivity index (χ0v) is 17.9. The van der Waals surface area contributed by atoms with E-state index in [1.807, 2.05) is 20.8 Å². The van der Waals surface area contributed by atoms with Crippen LogP contribution in [-0.2, 0) is 21.2 Å². The van der Waals surface area contributed by atoms with Gasteiger partial charge in [0.15, 0.2) is 0 Å². The highest BCUT2D eigenvalue weighted by molar-refractivity contribution is 7.89. The van der Waals surface area contributed by atoms with Crippen LogP contribution in [-0.4, -0.2) is 36.1 Å². The number of nitrogens with zero attached hydrogens (tertiary/aromatic N) is 2. The lowest BCUT2D eigenvalue weighted by Crippen LogP contribution is -2.32. The van der Waals surface area contributed by atoms with Gasteiger partial charge in [0.2, 0.25) is 21.8 Å². The fourth-order valence-electron chi connectivity index (χ4n) is 3.29. The van der Waals surface area contributed by atoms with E-state index < -0.39 is 10.0 Å². The van der Waals surface area contributed by atoms with Crippen LogP contribution in [0.25, 0.3) is 11.1 Å². The van der Waals surface area contributed by atoms with Gasteiger partial charge in [0.1, 0.15) is 5.82 Å². The molecule has 9 heteroatoms. The molecule has 0 radical (unpaired) electrons. The van der Waals surface area contributed by atoms with Gasteiger partial charge in [0.05, 0.1) is 10.6 Å². The number of hydrogen-bond acceptors (Lipinski definition) is 5. The molecule has 0 spiro atoms. The van der Waals surface area contributed by atoms with Crippen molar-refractivity contribution in [2.24, 2.45) is 0 Å². The molecule has 0 unspecified atom stereocenters. The van der Waals surface area contributed by atoms with Gasteiger partial charge in [-0.25, -0.2) is 13.1 Å². The minimum absolute atomic E-state index is 0.0788. The van der Waals surface area contributed by atoms with Crippen LogP contribution in [0.5, 0.6) is 0 Å². The zero-order valence-electron chi connectivity index (χ0n) is 17.1. The molecule has 2 heterocycles. The van der Waals surface area contributed by atoms with Crippen molar-refractivity contribution in [2.45, 2.75) is 64.3 Å². The van der Waals surface area contributed by atoms with Gasteiger partial charge >= 0.3 is 0 Å². The van der Waals surface area contributed by atoms with Crippen LogP contribution in [0.3, 0.4) is 0 Å². The topological polar surface area (TPSA) is 110 Å². The van der Waals surface area contributed by atoms with Crippen LogP contribution in [0.15, 0.2) is 23.1 Å². The van der Waals surface area contributed by atoms with Gasteiger partial charge in [-0.3, -0.25) is 9.59 Å². The number of aryl methyl sites for hydroxylation is 2. The van der Waals surface area contributed by atoms with E-state index in [1.54, 1.807) is 25.1 Å². The summed E-state index contributed by atoms with van der Waals surface area (Å²) in [5.74, 6) is -0.228. The standard InChI is InChI=1S/C20H26N4O4S/c1-5-13(4)23-29(27,28)16-11-14(8-7-12(16)3)19-15(6-2)22-24-18(26)10-9-17(25)21-20(19)24/h7-8,11,13,23H,5-6,9-10H2,1-4H3,(H,21,25)/t13-/m1/s1. The van der Waals surface area contributed by atoms with E-state index in [2.05, 4.69) is 15.1 Å². The molecule has 1 aliphatic rings. The normalized spacial score (nSPS) is 15.6. The second-order valence-electron chi connectivity index (χ2n) is 7.29. The van der Waals surface area contributed by atoms with Crippen LogP contribution < -0.4 is 10.0 Å². The maximum Gasteiger partial charge on any atom is 0.249 e. The molecule has 1 amide bonds. The predicted octanol–water partition coefficient (Wildman–Crippen LogP) is 2.87. The van der Waals surface area contributed by atoms with Crippen LogP contribution in [0.4, 0.5) is 5.82 Å². The highest BCUT2D eigenvalue weighted by Crippen LogP contribution is 2.35. The Morgan fingerprint density at radius 2 is 1.97 bits per heavy atom. The number of anilines is 1.